The summed E-state index contributed by atoms with van der Waals surface area (Å²) in [6.45, 7) is 7.13. The first-order valence-electron chi connectivity index (χ1n) is 9.06. The van der Waals surface area contributed by atoms with Gasteiger partial charge in [0.2, 0.25) is 15.9 Å². The molecule has 26 heavy (non-hydrogen) atoms. The molecular formula is C18H29N3O4S. The smallest absolute Gasteiger partial charge is 0.243 e. The molecule has 0 unspecified atom stereocenters. The minimum Gasteiger partial charge on any atom is -0.379 e. The lowest BCUT2D eigenvalue weighted by molar-refractivity contribution is -0.132. The molecular weight excluding hydrogens is 354 g/mol. The van der Waals surface area contributed by atoms with Crippen LogP contribution in [0.2, 0.25) is 0 Å². The molecule has 0 atom stereocenters. The van der Waals surface area contributed by atoms with Crippen molar-refractivity contribution in [1.82, 2.24) is 14.5 Å². The zero-order valence-electron chi connectivity index (χ0n) is 15.6. The monoisotopic (exact) mass is 383 g/mol. The van der Waals surface area contributed by atoms with Gasteiger partial charge in [-0.1, -0.05) is 18.2 Å². The van der Waals surface area contributed by atoms with E-state index >= 15 is 0 Å². The minimum atomic E-state index is -3.72. The van der Waals surface area contributed by atoms with Crippen LogP contribution < -0.4 is 5.32 Å². The first kappa shape index (κ1) is 20.8. The molecule has 1 aromatic carbocycles. The van der Waals surface area contributed by atoms with Gasteiger partial charge < -0.3 is 15.0 Å². The third-order valence-electron chi connectivity index (χ3n) is 4.17. The van der Waals surface area contributed by atoms with Gasteiger partial charge in [0.1, 0.15) is 0 Å². The standard InChI is InChI=1S/C18H29N3O4S/c1-16(2)25-14-6-11-21(15-18(22)20-12-9-19-10-13-20)26(23,24)17-7-4-3-5-8-17/h3-5,7-8,16,19H,6,9-15H2,1-2H3. The SMILES string of the molecule is CC(C)OCCCN(CC(=O)N1CCNCC1)S(=O)(=O)c1ccccc1. The van der Waals surface area contributed by atoms with Crippen LogP contribution in [0.3, 0.4) is 0 Å². The van der Waals surface area contributed by atoms with Crippen LogP contribution in [0, 0.1) is 0 Å². The molecule has 0 aliphatic carbocycles. The van der Waals surface area contributed by atoms with Gasteiger partial charge in [0.25, 0.3) is 0 Å². The van der Waals surface area contributed by atoms with E-state index in [1.807, 2.05) is 13.8 Å². The second-order valence-corrected chi connectivity index (χ2v) is 8.49. The lowest BCUT2D eigenvalue weighted by Gasteiger charge is -2.30. The molecule has 1 aromatic rings. The highest BCUT2D eigenvalue weighted by atomic mass is 32.2. The first-order valence-corrected chi connectivity index (χ1v) is 10.5. The fourth-order valence-corrected chi connectivity index (χ4v) is 4.20. The molecule has 2 rings (SSSR count). The number of sulfonamides is 1. The summed E-state index contributed by atoms with van der Waals surface area (Å²) in [4.78, 5) is 14.5. The van der Waals surface area contributed by atoms with E-state index in [0.717, 1.165) is 13.1 Å². The van der Waals surface area contributed by atoms with Gasteiger partial charge in [0, 0.05) is 39.3 Å². The highest BCUT2D eigenvalue weighted by Crippen LogP contribution is 2.16. The molecule has 7 nitrogen and oxygen atoms in total. The second-order valence-electron chi connectivity index (χ2n) is 6.56. The van der Waals surface area contributed by atoms with Gasteiger partial charge in [-0.25, -0.2) is 8.42 Å². The van der Waals surface area contributed by atoms with E-state index < -0.39 is 10.0 Å². The maximum absolute atomic E-state index is 13.0. The average Bonchev–Trinajstić information content (AvgIpc) is 2.65. The number of benzene rings is 1. The Labute approximate surface area is 156 Å². The van der Waals surface area contributed by atoms with Crippen LogP contribution >= 0.6 is 0 Å². The Morgan fingerprint density at radius 1 is 1.23 bits per heavy atom. The Bertz CT molecular complexity index is 658. The molecule has 0 radical (unpaired) electrons. The van der Waals surface area contributed by atoms with Crippen molar-refractivity contribution in [3.8, 4) is 0 Å². The number of rotatable bonds is 9. The normalized spacial score (nSPS) is 15.6. The third-order valence-corrected chi connectivity index (χ3v) is 6.02. The van der Waals surface area contributed by atoms with Gasteiger partial charge in [-0.3, -0.25) is 4.79 Å². The largest absolute Gasteiger partial charge is 0.379 e. The van der Waals surface area contributed by atoms with Gasteiger partial charge in [0.05, 0.1) is 17.5 Å². The quantitative estimate of drug-likeness (QED) is 0.642. The van der Waals surface area contributed by atoms with E-state index in [1.165, 1.54) is 4.31 Å². The molecule has 1 amide bonds. The third kappa shape index (κ3) is 6.05. The lowest BCUT2D eigenvalue weighted by Crippen LogP contribution is -2.50. The summed E-state index contributed by atoms with van der Waals surface area (Å²) in [7, 11) is -3.72. The van der Waals surface area contributed by atoms with E-state index in [2.05, 4.69) is 5.32 Å². The van der Waals surface area contributed by atoms with Gasteiger partial charge in [-0.2, -0.15) is 4.31 Å². The molecule has 0 aromatic heterocycles. The Kier molecular flexibility index (Phi) is 8.02. The Hall–Kier alpha value is -1.48. The van der Waals surface area contributed by atoms with Crippen LogP contribution in [0.15, 0.2) is 35.2 Å². The Morgan fingerprint density at radius 2 is 1.88 bits per heavy atom. The van der Waals surface area contributed by atoms with Crippen molar-refractivity contribution < 1.29 is 17.9 Å². The van der Waals surface area contributed by atoms with Crippen LogP contribution in [0.1, 0.15) is 20.3 Å². The summed E-state index contributed by atoms with van der Waals surface area (Å²) in [5, 5.41) is 3.19. The molecule has 1 aliphatic rings. The van der Waals surface area contributed by atoms with Crippen LogP contribution in [0.4, 0.5) is 0 Å². The molecule has 146 valence electrons. The molecule has 1 aliphatic heterocycles. The maximum atomic E-state index is 13.0. The zero-order chi connectivity index (χ0) is 19.0. The number of amides is 1. The van der Waals surface area contributed by atoms with Gasteiger partial charge >= 0.3 is 0 Å². The summed E-state index contributed by atoms with van der Waals surface area (Å²) in [5.74, 6) is -0.157. The van der Waals surface area contributed by atoms with Crippen molar-refractivity contribution in [1.29, 1.82) is 0 Å². The van der Waals surface area contributed by atoms with Crippen molar-refractivity contribution in [3.05, 3.63) is 30.3 Å². The first-order chi connectivity index (χ1) is 12.4. The van der Waals surface area contributed by atoms with E-state index in [4.69, 9.17) is 4.74 Å². The number of nitrogens with zero attached hydrogens (tertiary/aromatic N) is 2. The molecule has 1 heterocycles. The molecule has 1 fully saturated rings. The van der Waals surface area contributed by atoms with Gasteiger partial charge in [-0.15, -0.1) is 0 Å². The fraction of sp³-hybridized carbons (Fsp3) is 0.611. The molecule has 1 N–H and O–H groups in total. The summed E-state index contributed by atoms with van der Waals surface area (Å²) in [6.07, 6.45) is 0.635. The number of ether oxygens (including phenoxy) is 1. The molecule has 0 saturated carbocycles. The Morgan fingerprint density at radius 3 is 2.50 bits per heavy atom. The zero-order valence-corrected chi connectivity index (χ0v) is 16.4. The molecule has 1 saturated heterocycles. The predicted molar refractivity (Wildman–Crippen MR) is 100 cm³/mol. The second kappa shape index (κ2) is 10.0. The average molecular weight is 384 g/mol. The number of piperazine rings is 1. The molecule has 8 heteroatoms. The molecule has 0 spiro atoms. The van der Waals surface area contributed by atoms with Crippen LogP contribution in [-0.4, -0.2) is 75.5 Å². The lowest BCUT2D eigenvalue weighted by atomic mass is 10.3. The number of hydrogen-bond acceptors (Lipinski definition) is 5. The highest BCUT2D eigenvalue weighted by molar-refractivity contribution is 7.89. The van der Waals surface area contributed by atoms with E-state index in [9.17, 15) is 13.2 Å². The number of carbonyl (C=O) groups excluding carboxylic acids is 1. The van der Waals surface area contributed by atoms with Crippen molar-refractivity contribution in [2.24, 2.45) is 0 Å². The van der Waals surface area contributed by atoms with E-state index in [1.54, 1.807) is 35.2 Å². The van der Waals surface area contributed by atoms with Crippen molar-refractivity contribution >= 4 is 15.9 Å². The van der Waals surface area contributed by atoms with Gasteiger partial charge in [0.15, 0.2) is 0 Å². The summed E-state index contributed by atoms with van der Waals surface area (Å²) in [6, 6.07) is 8.26. The van der Waals surface area contributed by atoms with Crippen molar-refractivity contribution in [3.63, 3.8) is 0 Å². The number of carbonyl (C=O) groups is 1. The van der Waals surface area contributed by atoms with Crippen molar-refractivity contribution in [2.75, 3.05) is 45.9 Å². The maximum Gasteiger partial charge on any atom is 0.243 e. The molecule has 0 bridgehead atoms. The Balaban J connectivity index is 2.08. The highest BCUT2D eigenvalue weighted by Gasteiger charge is 2.28. The van der Waals surface area contributed by atoms with E-state index in [0.29, 0.717) is 26.1 Å². The summed E-state index contributed by atoms with van der Waals surface area (Å²) in [5.41, 5.74) is 0. The summed E-state index contributed by atoms with van der Waals surface area (Å²) < 4.78 is 32.7. The number of nitrogens with one attached hydrogen (secondary N) is 1. The topological polar surface area (TPSA) is 79.0 Å². The van der Waals surface area contributed by atoms with Crippen LogP contribution in [0.25, 0.3) is 0 Å². The predicted octanol–water partition coefficient (Wildman–Crippen LogP) is 0.924. The van der Waals surface area contributed by atoms with E-state index in [-0.39, 0.29) is 30.0 Å². The number of hydrogen-bond donors (Lipinski definition) is 1. The van der Waals surface area contributed by atoms with Crippen LogP contribution in [-0.2, 0) is 19.6 Å². The minimum absolute atomic E-state index is 0.0941. The summed E-state index contributed by atoms with van der Waals surface area (Å²) >= 11 is 0. The fourth-order valence-electron chi connectivity index (χ4n) is 2.75. The van der Waals surface area contributed by atoms with Gasteiger partial charge in [-0.05, 0) is 32.4 Å². The van der Waals surface area contributed by atoms with Crippen LogP contribution in [0.5, 0.6) is 0 Å². The van der Waals surface area contributed by atoms with Crippen molar-refractivity contribution in [2.45, 2.75) is 31.3 Å².